The number of nitrogens with one attached hydrogen (secondary N) is 1. The van der Waals surface area contributed by atoms with E-state index in [1.807, 2.05) is 12.1 Å². The van der Waals surface area contributed by atoms with Crippen LogP contribution in [0.2, 0.25) is 0 Å². The summed E-state index contributed by atoms with van der Waals surface area (Å²) >= 11 is 0. The van der Waals surface area contributed by atoms with Crippen molar-refractivity contribution in [3.8, 4) is 0 Å². The fourth-order valence-electron chi connectivity index (χ4n) is 3.01. The van der Waals surface area contributed by atoms with Crippen molar-refractivity contribution >= 4 is 0 Å². The highest BCUT2D eigenvalue weighted by Crippen LogP contribution is 2.30. The average molecular weight is 250 g/mol. The molecule has 1 heterocycles. The highest BCUT2D eigenvalue weighted by atomic mass is 16.3. The summed E-state index contributed by atoms with van der Waals surface area (Å²) in [5.74, 6) is 1.06. The summed E-state index contributed by atoms with van der Waals surface area (Å²) in [7, 11) is 4.30. The summed E-state index contributed by atoms with van der Waals surface area (Å²) in [6, 6.07) is 4.00. The van der Waals surface area contributed by atoms with Crippen LogP contribution in [0.25, 0.3) is 0 Å². The zero-order chi connectivity index (χ0) is 12.8. The second-order valence-electron chi connectivity index (χ2n) is 5.66. The van der Waals surface area contributed by atoms with Crippen LogP contribution in [0.15, 0.2) is 22.8 Å². The maximum Gasteiger partial charge on any atom is 0.117 e. The van der Waals surface area contributed by atoms with Crippen molar-refractivity contribution in [2.45, 2.75) is 50.6 Å². The summed E-state index contributed by atoms with van der Waals surface area (Å²) in [4.78, 5) is 2.35. The Bertz CT molecular complexity index is 328. The van der Waals surface area contributed by atoms with E-state index >= 15 is 0 Å². The monoisotopic (exact) mass is 250 g/mol. The fraction of sp³-hybridized carbons (Fsp3) is 0.733. The van der Waals surface area contributed by atoms with Gasteiger partial charge in [0.2, 0.25) is 0 Å². The van der Waals surface area contributed by atoms with Gasteiger partial charge in [0.1, 0.15) is 5.76 Å². The number of rotatable bonds is 6. The van der Waals surface area contributed by atoms with Gasteiger partial charge in [0.25, 0.3) is 0 Å². The second kappa shape index (κ2) is 6.39. The maximum absolute atomic E-state index is 5.39. The molecule has 0 radical (unpaired) electrons. The fourth-order valence-corrected chi connectivity index (χ4v) is 3.01. The molecule has 0 saturated heterocycles. The Kier molecular flexibility index (Phi) is 4.84. The molecule has 0 aliphatic heterocycles. The van der Waals surface area contributed by atoms with E-state index in [0.29, 0.717) is 5.54 Å². The molecule has 1 saturated carbocycles. The van der Waals surface area contributed by atoms with Crippen molar-refractivity contribution in [2.75, 3.05) is 20.6 Å². The van der Waals surface area contributed by atoms with E-state index in [1.165, 1.54) is 38.5 Å². The zero-order valence-corrected chi connectivity index (χ0v) is 11.7. The third kappa shape index (κ3) is 3.59. The standard InChI is InChI=1S/C15H26N2O/c1-16-15(8-4-3-5-9-15)10-11-17(2)13-14-7-6-12-18-14/h6-7,12,16H,3-5,8-11,13H2,1-2H3. The van der Waals surface area contributed by atoms with Gasteiger partial charge in [-0.05, 0) is 45.5 Å². The third-order valence-corrected chi connectivity index (χ3v) is 4.32. The van der Waals surface area contributed by atoms with Crippen LogP contribution in [0.3, 0.4) is 0 Å². The molecule has 1 aromatic heterocycles. The molecule has 1 fully saturated rings. The normalized spacial score (nSPS) is 19.3. The molecular formula is C15H26N2O. The van der Waals surface area contributed by atoms with Gasteiger partial charge < -0.3 is 9.73 Å². The van der Waals surface area contributed by atoms with E-state index in [4.69, 9.17) is 4.42 Å². The first-order valence-corrected chi connectivity index (χ1v) is 7.14. The molecule has 18 heavy (non-hydrogen) atoms. The summed E-state index contributed by atoms with van der Waals surface area (Å²) in [6.45, 7) is 2.04. The Morgan fingerprint density at radius 1 is 1.33 bits per heavy atom. The third-order valence-electron chi connectivity index (χ3n) is 4.32. The minimum Gasteiger partial charge on any atom is -0.468 e. The van der Waals surface area contributed by atoms with Gasteiger partial charge in [-0.1, -0.05) is 19.3 Å². The van der Waals surface area contributed by atoms with Crippen LogP contribution in [0.1, 0.15) is 44.3 Å². The van der Waals surface area contributed by atoms with Crippen LogP contribution in [0.5, 0.6) is 0 Å². The molecule has 0 aromatic carbocycles. The van der Waals surface area contributed by atoms with E-state index in [1.54, 1.807) is 6.26 Å². The van der Waals surface area contributed by atoms with Crippen LogP contribution in [-0.4, -0.2) is 31.1 Å². The first kappa shape index (κ1) is 13.6. The topological polar surface area (TPSA) is 28.4 Å². The van der Waals surface area contributed by atoms with Crippen molar-refractivity contribution in [3.63, 3.8) is 0 Å². The van der Waals surface area contributed by atoms with E-state index < -0.39 is 0 Å². The number of hydrogen-bond acceptors (Lipinski definition) is 3. The molecule has 3 nitrogen and oxygen atoms in total. The predicted octanol–water partition coefficient (Wildman–Crippen LogP) is 3.02. The predicted molar refractivity (Wildman–Crippen MR) is 74.5 cm³/mol. The number of nitrogens with zero attached hydrogens (tertiary/aromatic N) is 1. The molecule has 1 aromatic rings. The lowest BCUT2D eigenvalue weighted by molar-refractivity contribution is 0.189. The number of furan rings is 1. The molecule has 1 N–H and O–H groups in total. The molecule has 1 aliphatic carbocycles. The van der Waals surface area contributed by atoms with Crippen molar-refractivity contribution in [3.05, 3.63) is 24.2 Å². The minimum absolute atomic E-state index is 0.385. The molecule has 0 unspecified atom stereocenters. The lowest BCUT2D eigenvalue weighted by Crippen LogP contribution is -2.46. The van der Waals surface area contributed by atoms with E-state index in [9.17, 15) is 0 Å². The molecule has 3 heteroatoms. The van der Waals surface area contributed by atoms with E-state index in [-0.39, 0.29) is 0 Å². The summed E-state index contributed by atoms with van der Waals surface area (Å²) in [6.07, 6.45) is 9.81. The molecule has 0 atom stereocenters. The van der Waals surface area contributed by atoms with Gasteiger partial charge >= 0.3 is 0 Å². The molecule has 1 aliphatic rings. The molecule has 2 rings (SSSR count). The Morgan fingerprint density at radius 3 is 2.72 bits per heavy atom. The molecule has 0 spiro atoms. The maximum atomic E-state index is 5.39. The van der Waals surface area contributed by atoms with Gasteiger partial charge in [0, 0.05) is 12.1 Å². The molecule has 0 amide bonds. The average Bonchev–Trinajstić information content (AvgIpc) is 2.90. The first-order valence-electron chi connectivity index (χ1n) is 7.14. The van der Waals surface area contributed by atoms with E-state index in [0.717, 1.165) is 18.8 Å². The lowest BCUT2D eigenvalue weighted by Gasteiger charge is -2.38. The van der Waals surface area contributed by atoms with Crippen molar-refractivity contribution < 1.29 is 4.42 Å². The Hall–Kier alpha value is -0.800. The number of hydrogen-bond donors (Lipinski definition) is 1. The highest BCUT2D eigenvalue weighted by molar-refractivity contribution is 4.98. The zero-order valence-electron chi connectivity index (χ0n) is 11.7. The van der Waals surface area contributed by atoms with Gasteiger partial charge in [0.05, 0.1) is 12.8 Å². The van der Waals surface area contributed by atoms with Crippen LogP contribution in [0, 0.1) is 0 Å². The minimum atomic E-state index is 0.385. The first-order chi connectivity index (χ1) is 8.74. The summed E-state index contributed by atoms with van der Waals surface area (Å²) in [5, 5.41) is 3.58. The van der Waals surface area contributed by atoms with Gasteiger partial charge in [0.15, 0.2) is 0 Å². The van der Waals surface area contributed by atoms with Gasteiger partial charge in [-0.2, -0.15) is 0 Å². The lowest BCUT2D eigenvalue weighted by atomic mass is 9.79. The SMILES string of the molecule is CNC1(CCN(C)Cc2ccco2)CCCCC1. The Balaban J connectivity index is 1.78. The highest BCUT2D eigenvalue weighted by Gasteiger charge is 2.29. The van der Waals surface area contributed by atoms with Gasteiger partial charge in [-0.15, -0.1) is 0 Å². The van der Waals surface area contributed by atoms with Crippen LogP contribution >= 0.6 is 0 Å². The molecular weight excluding hydrogens is 224 g/mol. The summed E-state index contributed by atoms with van der Waals surface area (Å²) in [5.41, 5.74) is 0.385. The Morgan fingerprint density at radius 2 is 2.11 bits per heavy atom. The van der Waals surface area contributed by atoms with Crippen LogP contribution in [0.4, 0.5) is 0 Å². The van der Waals surface area contributed by atoms with Crippen molar-refractivity contribution in [1.82, 2.24) is 10.2 Å². The van der Waals surface area contributed by atoms with Crippen molar-refractivity contribution in [1.29, 1.82) is 0 Å². The van der Waals surface area contributed by atoms with Gasteiger partial charge in [-0.3, -0.25) is 4.90 Å². The van der Waals surface area contributed by atoms with Crippen LogP contribution < -0.4 is 5.32 Å². The van der Waals surface area contributed by atoms with Gasteiger partial charge in [-0.25, -0.2) is 0 Å². The smallest absolute Gasteiger partial charge is 0.117 e. The van der Waals surface area contributed by atoms with E-state index in [2.05, 4.69) is 24.3 Å². The largest absolute Gasteiger partial charge is 0.468 e. The van der Waals surface area contributed by atoms with Crippen LogP contribution in [-0.2, 0) is 6.54 Å². The summed E-state index contributed by atoms with van der Waals surface area (Å²) < 4.78 is 5.39. The Labute approximate surface area is 111 Å². The molecule has 102 valence electrons. The molecule has 0 bridgehead atoms. The van der Waals surface area contributed by atoms with Crippen molar-refractivity contribution in [2.24, 2.45) is 0 Å². The second-order valence-corrected chi connectivity index (χ2v) is 5.66. The quantitative estimate of drug-likeness (QED) is 0.841.